The molecule has 1 heterocycles. The molecule has 94 valence electrons. The highest BCUT2D eigenvalue weighted by molar-refractivity contribution is 9.10. The van der Waals surface area contributed by atoms with Crippen molar-refractivity contribution in [1.29, 1.82) is 0 Å². The van der Waals surface area contributed by atoms with E-state index in [0.29, 0.717) is 29.0 Å². The Bertz CT molecular complexity index is 575. The van der Waals surface area contributed by atoms with Crippen molar-refractivity contribution >= 4 is 27.5 Å². The number of hydrogen-bond donors (Lipinski definition) is 0. The molecule has 0 saturated carbocycles. The van der Waals surface area contributed by atoms with E-state index in [-0.39, 0.29) is 0 Å². The summed E-state index contributed by atoms with van der Waals surface area (Å²) in [7, 11) is 0. The number of ether oxygens (including phenoxy) is 1. The first-order chi connectivity index (χ1) is 8.61. The fourth-order valence-corrected chi connectivity index (χ4v) is 1.94. The van der Waals surface area contributed by atoms with E-state index in [0.717, 1.165) is 10.0 Å². The van der Waals surface area contributed by atoms with Gasteiger partial charge in [-0.25, -0.2) is 4.98 Å². The van der Waals surface area contributed by atoms with Crippen molar-refractivity contribution in [3.63, 3.8) is 0 Å². The molecular formula is C13H12BrClN2O. The maximum Gasteiger partial charge on any atom is 0.227 e. The van der Waals surface area contributed by atoms with Gasteiger partial charge in [0.1, 0.15) is 16.7 Å². The van der Waals surface area contributed by atoms with Crippen LogP contribution in [0.2, 0.25) is 5.15 Å². The van der Waals surface area contributed by atoms with Gasteiger partial charge in [0.15, 0.2) is 0 Å². The summed E-state index contributed by atoms with van der Waals surface area (Å²) < 4.78 is 6.65. The molecule has 1 aromatic carbocycles. The van der Waals surface area contributed by atoms with Crippen molar-refractivity contribution in [3.8, 4) is 11.6 Å². The lowest BCUT2D eigenvalue weighted by atomic mass is 10.3. The van der Waals surface area contributed by atoms with E-state index in [1.165, 1.54) is 0 Å². The summed E-state index contributed by atoms with van der Waals surface area (Å²) in [5.74, 6) is 1.88. The number of benzene rings is 1. The van der Waals surface area contributed by atoms with Gasteiger partial charge in [-0.1, -0.05) is 30.7 Å². The van der Waals surface area contributed by atoms with Crippen molar-refractivity contribution < 1.29 is 4.74 Å². The molecule has 0 aliphatic heterocycles. The Morgan fingerprint density at radius 2 is 2.00 bits per heavy atom. The van der Waals surface area contributed by atoms with Gasteiger partial charge in [-0.05, 0) is 35.0 Å². The highest BCUT2D eigenvalue weighted by Gasteiger charge is 2.11. The van der Waals surface area contributed by atoms with Crippen LogP contribution in [0.3, 0.4) is 0 Å². The van der Waals surface area contributed by atoms with Crippen LogP contribution in [0.15, 0.2) is 28.7 Å². The van der Waals surface area contributed by atoms with Gasteiger partial charge in [-0.3, -0.25) is 0 Å². The Morgan fingerprint density at radius 3 is 2.67 bits per heavy atom. The van der Waals surface area contributed by atoms with Crippen molar-refractivity contribution in [2.24, 2.45) is 0 Å². The third-order valence-electron chi connectivity index (χ3n) is 2.45. The predicted octanol–water partition coefficient (Wildman–Crippen LogP) is 4.56. The number of aromatic nitrogens is 2. The molecule has 18 heavy (non-hydrogen) atoms. The van der Waals surface area contributed by atoms with Gasteiger partial charge in [0.2, 0.25) is 5.88 Å². The molecule has 0 atom stereocenters. The summed E-state index contributed by atoms with van der Waals surface area (Å²) in [6, 6.07) is 7.60. The third kappa shape index (κ3) is 2.82. The van der Waals surface area contributed by atoms with Gasteiger partial charge in [-0.15, -0.1) is 0 Å². The second kappa shape index (κ2) is 5.67. The molecular weight excluding hydrogens is 316 g/mol. The Kier molecular flexibility index (Phi) is 4.19. The number of aryl methyl sites for hydroxylation is 1. The van der Waals surface area contributed by atoms with Gasteiger partial charge < -0.3 is 4.74 Å². The van der Waals surface area contributed by atoms with Crippen LogP contribution in [0, 0.1) is 6.92 Å². The lowest BCUT2D eigenvalue weighted by molar-refractivity contribution is 0.452. The van der Waals surface area contributed by atoms with E-state index < -0.39 is 0 Å². The van der Waals surface area contributed by atoms with Gasteiger partial charge in [-0.2, -0.15) is 4.98 Å². The van der Waals surface area contributed by atoms with Crippen molar-refractivity contribution in [1.82, 2.24) is 9.97 Å². The fourth-order valence-electron chi connectivity index (χ4n) is 1.40. The Labute approximate surface area is 119 Å². The van der Waals surface area contributed by atoms with Crippen molar-refractivity contribution in [2.45, 2.75) is 20.3 Å². The molecule has 1 aromatic heterocycles. The number of halogens is 2. The summed E-state index contributed by atoms with van der Waals surface area (Å²) in [4.78, 5) is 8.53. The molecule has 0 unspecified atom stereocenters. The van der Waals surface area contributed by atoms with Crippen LogP contribution in [0.1, 0.15) is 18.3 Å². The van der Waals surface area contributed by atoms with Crippen LogP contribution in [-0.4, -0.2) is 9.97 Å². The summed E-state index contributed by atoms with van der Waals surface area (Å²) in [5.41, 5.74) is 0.740. The van der Waals surface area contributed by atoms with Crippen LogP contribution in [0.25, 0.3) is 0 Å². The van der Waals surface area contributed by atoms with E-state index in [1.54, 1.807) is 0 Å². The number of rotatable bonds is 3. The molecule has 0 aliphatic carbocycles. The highest BCUT2D eigenvalue weighted by Crippen LogP contribution is 2.31. The molecule has 0 spiro atoms. The summed E-state index contributed by atoms with van der Waals surface area (Å²) in [6.45, 7) is 3.82. The molecule has 0 bridgehead atoms. The molecule has 0 radical (unpaired) electrons. The quantitative estimate of drug-likeness (QED) is 0.775. The average Bonchev–Trinajstić information content (AvgIpc) is 2.37. The van der Waals surface area contributed by atoms with Crippen molar-refractivity contribution in [2.75, 3.05) is 0 Å². The largest absolute Gasteiger partial charge is 0.437 e. The summed E-state index contributed by atoms with van der Waals surface area (Å²) >= 11 is 9.49. The zero-order chi connectivity index (χ0) is 13.1. The van der Waals surface area contributed by atoms with E-state index in [4.69, 9.17) is 16.3 Å². The normalized spacial score (nSPS) is 10.4. The van der Waals surface area contributed by atoms with Crippen LogP contribution >= 0.6 is 27.5 Å². The van der Waals surface area contributed by atoms with E-state index in [1.807, 2.05) is 38.1 Å². The molecule has 0 aliphatic rings. The van der Waals surface area contributed by atoms with E-state index >= 15 is 0 Å². The first-order valence-corrected chi connectivity index (χ1v) is 6.74. The highest BCUT2D eigenvalue weighted by atomic mass is 79.9. The summed E-state index contributed by atoms with van der Waals surface area (Å²) in [6.07, 6.45) is 0.715. The Balaban J connectivity index is 2.40. The number of para-hydroxylation sites is 1. The van der Waals surface area contributed by atoms with E-state index in [9.17, 15) is 0 Å². The first-order valence-electron chi connectivity index (χ1n) is 5.57. The SMILES string of the molecule is CCc1nc(Cl)c(C)c(Oc2ccccc2Br)n1. The standard InChI is InChI=1S/C13H12BrClN2O/c1-3-11-16-12(15)8(2)13(17-11)18-10-7-5-4-6-9(10)14/h4-7H,3H2,1-2H3. The van der Waals surface area contributed by atoms with Crippen LogP contribution in [0.4, 0.5) is 0 Å². The maximum atomic E-state index is 6.06. The van der Waals surface area contributed by atoms with Crippen LogP contribution in [-0.2, 0) is 6.42 Å². The zero-order valence-electron chi connectivity index (χ0n) is 10.1. The van der Waals surface area contributed by atoms with Crippen molar-refractivity contribution in [3.05, 3.63) is 45.3 Å². The first kappa shape index (κ1) is 13.3. The maximum absolute atomic E-state index is 6.06. The van der Waals surface area contributed by atoms with Crippen LogP contribution < -0.4 is 4.74 Å². The van der Waals surface area contributed by atoms with E-state index in [2.05, 4.69) is 25.9 Å². The second-order valence-corrected chi connectivity index (χ2v) is 4.96. The minimum Gasteiger partial charge on any atom is -0.437 e. The fraction of sp³-hybridized carbons (Fsp3) is 0.231. The smallest absolute Gasteiger partial charge is 0.227 e. The minimum atomic E-state index is 0.434. The molecule has 0 saturated heterocycles. The lowest BCUT2D eigenvalue weighted by Gasteiger charge is -2.10. The van der Waals surface area contributed by atoms with Gasteiger partial charge in [0.25, 0.3) is 0 Å². The average molecular weight is 328 g/mol. The molecule has 2 aromatic rings. The molecule has 5 heteroatoms. The minimum absolute atomic E-state index is 0.434. The topological polar surface area (TPSA) is 35.0 Å². The third-order valence-corrected chi connectivity index (χ3v) is 3.47. The van der Waals surface area contributed by atoms with Gasteiger partial charge in [0, 0.05) is 12.0 Å². The second-order valence-electron chi connectivity index (χ2n) is 3.75. The Hall–Kier alpha value is -1.13. The lowest BCUT2D eigenvalue weighted by Crippen LogP contribution is -2.00. The number of hydrogen-bond acceptors (Lipinski definition) is 3. The van der Waals surface area contributed by atoms with Crippen LogP contribution in [0.5, 0.6) is 11.6 Å². The molecule has 0 N–H and O–H groups in total. The predicted molar refractivity (Wildman–Crippen MR) is 75.4 cm³/mol. The van der Waals surface area contributed by atoms with Gasteiger partial charge >= 0.3 is 0 Å². The Morgan fingerprint density at radius 1 is 1.28 bits per heavy atom. The molecule has 3 nitrogen and oxygen atoms in total. The number of nitrogens with zero attached hydrogens (tertiary/aromatic N) is 2. The molecule has 0 amide bonds. The molecule has 0 fully saturated rings. The zero-order valence-corrected chi connectivity index (χ0v) is 12.4. The molecule has 2 rings (SSSR count). The van der Waals surface area contributed by atoms with Gasteiger partial charge in [0.05, 0.1) is 4.47 Å². The monoisotopic (exact) mass is 326 g/mol. The summed E-state index contributed by atoms with van der Waals surface area (Å²) in [5, 5.41) is 0.434.